The Morgan fingerprint density at radius 1 is 1.29 bits per heavy atom. The molecule has 1 aliphatic heterocycles. The fourth-order valence-electron chi connectivity index (χ4n) is 2.68. The molecule has 0 saturated carbocycles. The zero-order valence-corrected chi connectivity index (χ0v) is 11.2. The van der Waals surface area contributed by atoms with Crippen molar-refractivity contribution >= 4 is 18.6 Å². The highest BCUT2D eigenvalue weighted by atomic mass is 19.1. The molecule has 4 nitrogen and oxygen atoms in total. The number of benzene rings is 2. The Morgan fingerprint density at radius 3 is 2.76 bits per heavy atom. The first-order valence-electron chi connectivity index (χ1n) is 6.39. The number of esters is 1. The van der Waals surface area contributed by atoms with Gasteiger partial charge < -0.3 is 14.4 Å². The van der Waals surface area contributed by atoms with E-state index >= 15 is 0 Å². The van der Waals surface area contributed by atoms with Gasteiger partial charge in [-0.15, -0.1) is 0 Å². The minimum atomic E-state index is -1.66. The van der Waals surface area contributed by atoms with Crippen LogP contribution in [-0.2, 0) is 19.8 Å². The predicted octanol–water partition coefficient (Wildman–Crippen LogP) is 0.960. The third-order valence-corrected chi connectivity index (χ3v) is 3.60. The van der Waals surface area contributed by atoms with E-state index in [4.69, 9.17) is 9.39 Å². The molecule has 3 rings (SSSR count). The quantitative estimate of drug-likeness (QED) is 0.660. The van der Waals surface area contributed by atoms with E-state index in [1.807, 2.05) is 0 Å². The minimum absolute atomic E-state index is 0.276. The summed E-state index contributed by atoms with van der Waals surface area (Å²) >= 11 is 0. The van der Waals surface area contributed by atoms with Crippen LogP contribution in [0, 0.1) is 5.82 Å². The van der Waals surface area contributed by atoms with Crippen LogP contribution in [0.4, 0.5) is 4.39 Å². The lowest BCUT2D eigenvalue weighted by molar-refractivity contribution is -0.156. The maximum absolute atomic E-state index is 13.6. The van der Waals surface area contributed by atoms with Gasteiger partial charge in [0.25, 0.3) is 0 Å². The van der Waals surface area contributed by atoms with Gasteiger partial charge in [0, 0.05) is 5.56 Å². The highest BCUT2D eigenvalue weighted by Crippen LogP contribution is 2.38. The van der Waals surface area contributed by atoms with Crippen molar-refractivity contribution in [3.63, 3.8) is 0 Å². The molecule has 1 N–H and O–H groups in total. The molecular weight excluding hydrogens is 274 g/mol. The fraction of sp³-hybridized carbons (Fsp3) is 0.133. The number of carbonyl (C=O) groups excluding carboxylic acids is 1. The Morgan fingerprint density at radius 2 is 2.05 bits per heavy atom. The minimum Gasteiger partial charge on any atom is -0.466 e. The molecular formula is C15H12BFO4. The van der Waals surface area contributed by atoms with Crippen LogP contribution in [0.15, 0.2) is 48.5 Å². The van der Waals surface area contributed by atoms with E-state index in [1.54, 1.807) is 30.3 Å². The molecule has 1 aliphatic rings. The van der Waals surface area contributed by atoms with E-state index in [0.29, 0.717) is 11.0 Å². The second-order valence-electron chi connectivity index (χ2n) is 4.74. The van der Waals surface area contributed by atoms with Gasteiger partial charge in [-0.25, -0.2) is 9.18 Å². The molecule has 2 aromatic carbocycles. The summed E-state index contributed by atoms with van der Waals surface area (Å²) in [5.41, 5.74) is -0.465. The first-order valence-corrected chi connectivity index (χ1v) is 6.39. The summed E-state index contributed by atoms with van der Waals surface area (Å²) in [6.45, 7) is 0. The largest absolute Gasteiger partial charge is 0.492 e. The molecule has 0 saturated heterocycles. The Bertz CT molecular complexity index is 706. The van der Waals surface area contributed by atoms with Crippen LogP contribution >= 0.6 is 0 Å². The molecule has 1 atom stereocenters. The normalized spacial score (nSPS) is 20.2. The van der Waals surface area contributed by atoms with E-state index in [9.17, 15) is 14.2 Å². The summed E-state index contributed by atoms with van der Waals surface area (Å²) in [5.74, 6) is -1.21. The average Bonchev–Trinajstić information content (AvgIpc) is 2.81. The summed E-state index contributed by atoms with van der Waals surface area (Å²) in [6, 6.07) is 12.3. The number of fused-ring (bicyclic) bond motifs is 1. The highest BCUT2D eigenvalue weighted by Gasteiger charge is 2.54. The molecule has 106 valence electrons. The monoisotopic (exact) mass is 286 g/mol. The van der Waals surface area contributed by atoms with Crippen molar-refractivity contribution in [2.45, 2.75) is 5.60 Å². The Kier molecular flexibility index (Phi) is 3.27. The summed E-state index contributed by atoms with van der Waals surface area (Å²) in [4.78, 5) is 12.4. The van der Waals surface area contributed by atoms with Crippen molar-refractivity contribution in [2.24, 2.45) is 0 Å². The maximum Gasteiger partial charge on any atom is 0.492 e. The summed E-state index contributed by atoms with van der Waals surface area (Å²) in [5, 5.41) is 10.1. The van der Waals surface area contributed by atoms with Gasteiger partial charge in [-0.05, 0) is 23.2 Å². The lowest BCUT2D eigenvalue weighted by atomic mass is 9.77. The van der Waals surface area contributed by atoms with Gasteiger partial charge >= 0.3 is 13.1 Å². The van der Waals surface area contributed by atoms with E-state index < -0.39 is 24.5 Å². The van der Waals surface area contributed by atoms with Gasteiger partial charge in [0.1, 0.15) is 5.82 Å². The van der Waals surface area contributed by atoms with Gasteiger partial charge in [-0.3, -0.25) is 0 Å². The first-order chi connectivity index (χ1) is 10.1. The number of methoxy groups -OCH3 is 1. The average molecular weight is 286 g/mol. The summed E-state index contributed by atoms with van der Waals surface area (Å²) in [7, 11) is -0.0522. The second-order valence-corrected chi connectivity index (χ2v) is 4.74. The fourth-order valence-corrected chi connectivity index (χ4v) is 2.68. The predicted molar refractivity (Wildman–Crippen MR) is 74.3 cm³/mol. The number of rotatable bonds is 2. The van der Waals surface area contributed by atoms with Gasteiger partial charge in [0.2, 0.25) is 5.60 Å². The van der Waals surface area contributed by atoms with Crippen molar-refractivity contribution in [1.82, 2.24) is 0 Å². The van der Waals surface area contributed by atoms with Crippen LogP contribution in [0.25, 0.3) is 0 Å². The number of carbonyl (C=O) groups is 1. The number of ether oxygens (including phenoxy) is 1. The second kappa shape index (κ2) is 4.98. The number of halogens is 1. The molecule has 0 aromatic heterocycles. The van der Waals surface area contributed by atoms with Crippen molar-refractivity contribution < 1.29 is 23.6 Å². The maximum atomic E-state index is 13.6. The van der Waals surface area contributed by atoms with Crippen LogP contribution in [0.1, 0.15) is 11.1 Å². The summed E-state index contributed by atoms with van der Waals surface area (Å²) in [6.07, 6.45) is 0. The van der Waals surface area contributed by atoms with E-state index in [2.05, 4.69) is 0 Å². The molecule has 0 amide bonds. The number of hydrogen-bond donors (Lipinski definition) is 1. The van der Waals surface area contributed by atoms with Gasteiger partial charge in [-0.2, -0.15) is 0 Å². The summed E-state index contributed by atoms with van der Waals surface area (Å²) < 4.78 is 23.9. The Hall–Kier alpha value is -2.18. The van der Waals surface area contributed by atoms with E-state index in [0.717, 1.165) is 0 Å². The molecule has 6 heteroatoms. The topological polar surface area (TPSA) is 55.8 Å². The van der Waals surface area contributed by atoms with Crippen LogP contribution in [0.2, 0.25) is 0 Å². The molecule has 1 unspecified atom stereocenters. The van der Waals surface area contributed by atoms with E-state index in [-0.39, 0.29) is 5.56 Å². The van der Waals surface area contributed by atoms with Gasteiger partial charge in [0.15, 0.2) is 0 Å². The lowest BCUT2D eigenvalue weighted by Gasteiger charge is -2.28. The van der Waals surface area contributed by atoms with Crippen LogP contribution < -0.4 is 5.46 Å². The Labute approximate surface area is 121 Å². The van der Waals surface area contributed by atoms with Crippen molar-refractivity contribution in [1.29, 1.82) is 0 Å². The van der Waals surface area contributed by atoms with Crippen molar-refractivity contribution in [3.8, 4) is 0 Å². The SMILES string of the molecule is COC(=O)C1(c2cccc(F)c2)OB(O)c2ccccc21. The van der Waals surface area contributed by atoms with Crippen LogP contribution in [-0.4, -0.2) is 25.2 Å². The third kappa shape index (κ3) is 1.95. The molecule has 0 aliphatic carbocycles. The van der Waals surface area contributed by atoms with Crippen LogP contribution in [0.5, 0.6) is 0 Å². The highest BCUT2D eigenvalue weighted by molar-refractivity contribution is 6.62. The molecule has 0 radical (unpaired) electrons. The first kappa shape index (κ1) is 13.8. The van der Waals surface area contributed by atoms with Crippen molar-refractivity contribution in [2.75, 3.05) is 7.11 Å². The smallest absolute Gasteiger partial charge is 0.466 e. The van der Waals surface area contributed by atoms with E-state index in [1.165, 1.54) is 25.3 Å². The molecule has 2 aromatic rings. The third-order valence-electron chi connectivity index (χ3n) is 3.60. The molecule has 0 bridgehead atoms. The molecule has 21 heavy (non-hydrogen) atoms. The zero-order valence-electron chi connectivity index (χ0n) is 11.2. The molecule has 0 spiro atoms. The van der Waals surface area contributed by atoms with Gasteiger partial charge in [0.05, 0.1) is 7.11 Å². The molecule has 0 fully saturated rings. The van der Waals surface area contributed by atoms with Crippen LogP contribution in [0.3, 0.4) is 0 Å². The zero-order chi connectivity index (χ0) is 15.0. The van der Waals surface area contributed by atoms with Gasteiger partial charge in [-0.1, -0.05) is 36.4 Å². The lowest BCUT2D eigenvalue weighted by Crippen LogP contribution is -2.39. The number of hydrogen-bond acceptors (Lipinski definition) is 4. The molecule has 1 heterocycles. The Balaban J connectivity index is 2.28. The van der Waals surface area contributed by atoms with Crippen molar-refractivity contribution in [3.05, 3.63) is 65.5 Å². The standard InChI is InChI=1S/C15H12BFO4/c1-20-14(18)15(10-5-4-6-11(17)9-10)12-7-2-3-8-13(12)16(19)21-15/h2-9,19H,1H3.